The number of thioether (sulfide) groups is 1. The summed E-state index contributed by atoms with van der Waals surface area (Å²) in [7, 11) is 1.59. The van der Waals surface area contributed by atoms with Crippen LogP contribution in [0.5, 0.6) is 5.75 Å². The number of para-hydroxylation sites is 1. The molecule has 1 aromatic heterocycles. The van der Waals surface area contributed by atoms with E-state index in [2.05, 4.69) is 16.4 Å². The first-order valence-electron chi connectivity index (χ1n) is 7.56. The average molecular weight is 349 g/mol. The molecule has 25 heavy (non-hydrogen) atoms. The normalized spacial score (nSPS) is 10.2. The molecule has 1 amide bonds. The van der Waals surface area contributed by atoms with Crippen LogP contribution in [0.4, 0.5) is 5.69 Å². The van der Waals surface area contributed by atoms with E-state index in [-0.39, 0.29) is 11.7 Å². The van der Waals surface area contributed by atoms with Crippen molar-refractivity contribution in [2.75, 3.05) is 18.2 Å². The van der Waals surface area contributed by atoms with Crippen molar-refractivity contribution >= 4 is 34.3 Å². The zero-order valence-electron chi connectivity index (χ0n) is 13.5. The average Bonchev–Trinajstić information content (AvgIpc) is 2.66. The molecule has 0 saturated carbocycles. The number of benzene rings is 2. The molecule has 0 bridgehead atoms. The van der Waals surface area contributed by atoms with Gasteiger partial charge in [0.2, 0.25) is 5.91 Å². The Kier molecular flexibility index (Phi) is 5.17. The number of ether oxygens (including phenoxy) is 1. The Morgan fingerprint density at radius 3 is 2.72 bits per heavy atom. The summed E-state index contributed by atoms with van der Waals surface area (Å²) in [6, 6.07) is 18.6. The fourth-order valence-corrected chi connectivity index (χ4v) is 3.06. The van der Waals surface area contributed by atoms with Crippen molar-refractivity contribution in [3.05, 3.63) is 60.2 Å². The minimum Gasteiger partial charge on any atom is -0.497 e. The molecule has 0 aliphatic carbocycles. The summed E-state index contributed by atoms with van der Waals surface area (Å²) in [5.41, 5.74) is 1.97. The molecule has 1 heterocycles. The summed E-state index contributed by atoms with van der Waals surface area (Å²) in [4.78, 5) is 16.6. The van der Waals surface area contributed by atoms with Gasteiger partial charge < -0.3 is 10.1 Å². The summed E-state index contributed by atoms with van der Waals surface area (Å²) in [5.74, 6) is 0.742. The molecule has 2 aromatic carbocycles. The van der Waals surface area contributed by atoms with Gasteiger partial charge in [0.15, 0.2) is 0 Å². The molecule has 0 fully saturated rings. The molecule has 124 valence electrons. The van der Waals surface area contributed by atoms with Gasteiger partial charge in [-0.15, -0.1) is 0 Å². The highest BCUT2D eigenvalue weighted by Crippen LogP contribution is 2.24. The first-order chi connectivity index (χ1) is 12.2. The van der Waals surface area contributed by atoms with Crippen LogP contribution in [0.1, 0.15) is 5.56 Å². The summed E-state index contributed by atoms with van der Waals surface area (Å²) >= 11 is 1.25. The largest absolute Gasteiger partial charge is 0.497 e. The predicted octanol–water partition coefficient (Wildman–Crippen LogP) is 3.85. The van der Waals surface area contributed by atoms with Crippen LogP contribution >= 0.6 is 11.8 Å². The van der Waals surface area contributed by atoms with Crippen LogP contribution in [-0.2, 0) is 4.79 Å². The maximum Gasteiger partial charge on any atom is 0.234 e. The molecule has 3 aromatic rings. The summed E-state index contributed by atoms with van der Waals surface area (Å²) in [6.45, 7) is 0. The van der Waals surface area contributed by atoms with Crippen LogP contribution < -0.4 is 10.1 Å². The number of fused-ring (bicyclic) bond motifs is 1. The van der Waals surface area contributed by atoms with Gasteiger partial charge in [0.1, 0.15) is 16.8 Å². The van der Waals surface area contributed by atoms with Crippen molar-refractivity contribution in [1.29, 1.82) is 5.26 Å². The number of pyridine rings is 1. The van der Waals surface area contributed by atoms with Crippen LogP contribution in [0.15, 0.2) is 59.6 Å². The van der Waals surface area contributed by atoms with Crippen LogP contribution in [0, 0.1) is 11.3 Å². The molecule has 3 rings (SSSR count). The third-order valence-corrected chi connectivity index (χ3v) is 4.51. The number of anilines is 1. The maximum atomic E-state index is 12.1. The Bertz CT molecular complexity index is 949. The number of carbonyl (C=O) groups excluding carboxylic acids is 1. The van der Waals surface area contributed by atoms with E-state index >= 15 is 0 Å². The fourth-order valence-electron chi connectivity index (χ4n) is 2.29. The molecule has 6 heteroatoms. The van der Waals surface area contributed by atoms with E-state index in [1.54, 1.807) is 37.4 Å². The second-order valence-electron chi connectivity index (χ2n) is 5.21. The van der Waals surface area contributed by atoms with E-state index in [4.69, 9.17) is 4.74 Å². The monoisotopic (exact) mass is 349 g/mol. The first kappa shape index (κ1) is 16.8. The van der Waals surface area contributed by atoms with Gasteiger partial charge in [0.05, 0.1) is 23.9 Å². The molecule has 5 nitrogen and oxygen atoms in total. The molecule has 0 atom stereocenters. The van der Waals surface area contributed by atoms with Crippen molar-refractivity contribution in [1.82, 2.24) is 4.98 Å². The minimum absolute atomic E-state index is 0.158. The van der Waals surface area contributed by atoms with Gasteiger partial charge in [-0.2, -0.15) is 5.26 Å². The van der Waals surface area contributed by atoms with Crippen LogP contribution in [-0.4, -0.2) is 23.8 Å². The number of amides is 1. The lowest BCUT2D eigenvalue weighted by atomic mass is 10.2. The Labute approximate surface area is 149 Å². The van der Waals surface area contributed by atoms with E-state index in [0.717, 1.165) is 16.7 Å². The van der Waals surface area contributed by atoms with Gasteiger partial charge in [-0.3, -0.25) is 4.79 Å². The Hall–Kier alpha value is -3.04. The van der Waals surface area contributed by atoms with Crippen molar-refractivity contribution < 1.29 is 9.53 Å². The highest BCUT2D eigenvalue weighted by Gasteiger charge is 2.10. The Balaban J connectivity index is 1.69. The Morgan fingerprint density at radius 1 is 1.24 bits per heavy atom. The fraction of sp³-hybridized carbons (Fsp3) is 0.105. The van der Waals surface area contributed by atoms with Crippen molar-refractivity contribution in [3.8, 4) is 11.8 Å². The van der Waals surface area contributed by atoms with E-state index in [9.17, 15) is 10.1 Å². The summed E-state index contributed by atoms with van der Waals surface area (Å²) in [6.07, 6.45) is 0. The molecule has 0 radical (unpaired) electrons. The van der Waals surface area contributed by atoms with E-state index in [1.807, 2.05) is 24.3 Å². The number of hydrogen-bond acceptors (Lipinski definition) is 5. The molecule has 0 aliphatic rings. The van der Waals surface area contributed by atoms with Crippen molar-refractivity contribution in [3.63, 3.8) is 0 Å². The number of methoxy groups -OCH3 is 1. The number of aromatic nitrogens is 1. The topological polar surface area (TPSA) is 75.0 Å². The predicted molar refractivity (Wildman–Crippen MR) is 98.8 cm³/mol. The molecule has 0 aliphatic heterocycles. The second kappa shape index (κ2) is 7.69. The lowest BCUT2D eigenvalue weighted by Gasteiger charge is -2.07. The number of nitriles is 1. The van der Waals surface area contributed by atoms with Crippen LogP contribution in [0.25, 0.3) is 10.9 Å². The number of nitrogens with zero attached hydrogens (tertiary/aromatic N) is 2. The summed E-state index contributed by atoms with van der Waals surface area (Å²) in [5, 5.41) is 13.6. The van der Waals surface area contributed by atoms with Crippen molar-refractivity contribution in [2.45, 2.75) is 5.03 Å². The third kappa shape index (κ3) is 4.08. The Morgan fingerprint density at radius 2 is 2.00 bits per heavy atom. The van der Waals surface area contributed by atoms with Gasteiger partial charge in [-0.25, -0.2) is 4.98 Å². The maximum absolute atomic E-state index is 12.1. The second-order valence-corrected chi connectivity index (χ2v) is 6.17. The molecule has 0 saturated heterocycles. The number of hydrogen-bond donors (Lipinski definition) is 1. The van der Waals surface area contributed by atoms with Crippen LogP contribution in [0.3, 0.4) is 0 Å². The number of rotatable bonds is 5. The van der Waals surface area contributed by atoms with Crippen LogP contribution in [0.2, 0.25) is 0 Å². The van der Waals surface area contributed by atoms with Crippen molar-refractivity contribution in [2.24, 2.45) is 0 Å². The smallest absolute Gasteiger partial charge is 0.234 e. The van der Waals surface area contributed by atoms with E-state index in [0.29, 0.717) is 16.3 Å². The van der Waals surface area contributed by atoms with E-state index in [1.165, 1.54) is 11.8 Å². The lowest BCUT2D eigenvalue weighted by Crippen LogP contribution is -2.14. The highest BCUT2D eigenvalue weighted by atomic mass is 32.2. The highest BCUT2D eigenvalue weighted by molar-refractivity contribution is 8.00. The SMILES string of the molecule is COc1ccc(NC(=O)CSc2nc3ccccc3cc2C#N)cc1. The quantitative estimate of drug-likeness (QED) is 0.708. The molecule has 0 spiro atoms. The molecule has 1 N–H and O–H groups in total. The summed E-state index contributed by atoms with van der Waals surface area (Å²) < 4.78 is 5.08. The molecular formula is C19H15N3O2S. The number of nitrogens with one attached hydrogen (secondary N) is 1. The van der Waals surface area contributed by atoms with Gasteiger partial charge in [-0.1, -0.05) is 30.0 Å². The molecule has 0 unspecified atom stereocenters. The van der Waals surface area contributed by atoms with Gasteiger partial charge in [-0.05, 0) is 36.4 Å². The minimum atomic E-state index is -0.158. The van der Waals surface area contributed by atoms with Gasteiger partial charge >= 0.3 is 0 Å². The zero-order chi connectivity index (χ0) is 17.6. The van der Waals surface area contributed by atoms with E-state index < -0.39 is 0 Å². The van der Waals surface area contributed by atoms with Gasteiger partial charge in [0.25, 0.3) is 0 Å². The van der Waals surface area contributed by atoms with Gasteiger partial charge in [0, 0.05) is 11.1 Å². The third-order valence-electron chi connectivity index (χ3n) is 3.52. The number of carbonyl (C=O) groups is 1. The lowest BCUT2D eigenvalue weighted by molar-refractivity contribution is -0.113. The zero-order valence-corrected chi connectivity index (χ0v) is 14.3. The molecular weight excluding hydrogens is 334 g/mol. The first-order valence-corrected chi connectivity index (χ1v) is 8.55. The standard InChI is InChI=1S/C19H15N3O2S/c1-24-16-8-6-15(7-9-16)21-18(23)12-25-19-14(11-20)10-13-4-2-3-5-17(13)22-19/h2-10H,12H2,1H3,(H,21,23).